The van der Waals surface area contributed by atoms with Crippen LogP contribution in [-0.4, -0.2) is 50.6 Å². The average Bonchev–Trinajstić information content (AvgIpc) is 2.72. The van der Waals surface area contributed by atoms with Gasteiger partial charge in [-0.25, -0.2) is 0 Å². The van der Waals surface area contributed by atoms with E-state index in [0.717, 1.165) is 50.4 Å². The van der Waals surface area contributed by atoms with Gasteiger partial charge in [0.25, 0.3) is 11.6 Å². The molecule has 4 aliphatic carbocycles. The summed E-state index contributed by atoms with van der Waals surface area (Å²) in [5.41, 5.74) is 1.48. The van der Waals surface area contributed by atoms with E-state index >= 15 is 0 Å². The van der Waals surface area contributed by atoms with Crippen LogP contribution < -0.4 is 15.1 Å². The molecule has 0 unspecified atom stereocenters. The van der Waals surface area contributed by atoms with E-state index in [2.05, 4.69) is 17.3 Å². The molecule has 6 rings (SSSR count). The summed E-state index contributed by atoms with van der Waals surface area (Å²) in [4.78, 5) is 27.7. The number of amides is 1. The van der Waals surface area contributed by atoms with Gasteiger partial charge in [-0.2, -0.15) is 0 Å². The maximum Gasteiger partial charge on any atom is 0.293 e. The van der Waals surface area contributed by atoms with Gasteiger partial charge in [-0.3, -0.25) is 14.9 Å². The molecule has 4 saturated carbocycles. The van der Waals surface area contributed by atoms with Crippen molar-refractivity contribution in [3.8, 4) is 0 Å². The van der Waals surface area contributed by atoms with Crippen LogP contribution in [0.15, 0.2) is 18.2 Å². The highest BCUT2D eigenvalue weighted by Gasteiger charge is 2.50. The Kier molecular flexibility index (Phi) is 5.40. The first kappa shape index (κ1) is 20.7. The van der Waals surface area contributed by atoms with Gasteiger partial charge in [0.05, 0.1) is 38.2 Å². The van der Waals surface area contributed by atoms with Crippen LogP contribution in [0.3, 0.4) is 0 Å². The number of hydrogen-bond acceptors (Lipinski definition) is 4. The maximum atomic E-state index is 12.8. The Morgan fingerprint density at radius 1 is 1.16 bits per heavy atom. The summed E-state index contributed by atoms with van der Waals surface area (Å²) >= 11 is 0. The number of anilines is 1. The predicted octanol–water partition coefficient (Wildman–Crippen LogP) is 2.27. The molecule has 1 aromatic rings. The molecule has 1 heterocycles. The topological polar surface area (TPSA) is 79.9 Å². The van der Waals surface area contributed by atoms with E-state index in [0.29, 0.717) is 23.2 Å². The summed E-state index contributed by atoms with van der Waals surface area (Å²) in [6.45, 7) is 4.18. The van der Waals surface area contributed by atoms with E-state index in [4.69, 9.17) is 0 Å². The molecule has 7 nitrogen and oxygen atoms in total. The van der Waals surface area contributed by atoms with Gasteiger partial charge in [0.2, 0.25) is 0 Å². The van der Waals surface area contributed by atoms with Gasteiger partial charge in [-0.1, -0.05) is 0 Å². The summed E-state index contributed by atoms with van der Waals surface area (Å²) < 4.78 is 0. The number of hydrogen-bond donors (Lipinski definition) is 2. The standard InChI is InChI=1S/C24H34N4O3/c1-26-6-8-27(9-7-26)21-3-2-20(13-22(21)28(30)31)23(29)25-5-4-24-14-17-10-18(15-24)12-19(11-17)16-24/h2-3,13,17-19H,4-12,14-16H2,1H3,(H,25,29)/p+1. The van der Waals surface area contributed by atoms with Crippen LogP contribution in [0.4, 0.5) is 11.4 Å². The SMILES string of the molecule is C[NH+]1CCN(c2ccc(C(=O)NCCC34CC5CC(CC(C5)C3)C4)cc2[N+](=O)[O-])CC1. The highest BCUT2D eigenvalue weighted by Crippen LogP contribution is 2.61. The molecular weight excluding hydrogens is 392 g/mol. The summed E-state index contributed by atoms with van der Waals surface area (Å²) in [7, 11) is 2.14. The molecule has 7 heteroatoms. The number of nitrogens with zero attached hydrogens (tertiary/aromatic N) is 2. The van der Waals surface area contributed by atoms with E-state index in [1.807, 2.05) is 0 Å². The lowest BCUT2D eigenvalue weighted by atomic mass is 9.49. The van der Waals surface area contributed by atoms with Crippen molar-refractivity contribution in [3.63, 3.8) is 0 Å². The third-order valence-corrected chi connectivity index (χ3v) is 8.50. The minimum absolute atomic E-state index is 0.0355. The summed E-state index contributed by atoms with van der Waals surface area (Å²) in [5, 5.41) is 14.8. The van der Waals surface area contributed by atoms with Crippen LogP contribution in [0.1, 0.15) is 55.3 Å². The highest BCUT2D eigenvalue weighted by atomic mass is 16.6. The van der Waals surface area contributed by atoms with Crippen LogP contribution >= 0.6 is 0 Å². The number of carbonyl (C=O) groups excluding carboxylic acids is 1. The molecule has 0 radical (unpaired) electrons. The molecule has 5 fully saturated rings. The zero-order valence-corrected chi connectivity index (χ0v) is 18.6. The van der Waals surface area contributed by atoms with Crippen molar-refractivity contribution in [2.45, 2.75) is 44.9 Å². The Hall–Kier alpha value is -2.15. The minimum atomic E-state index is -0.354. The molecule has 1 saturated heterocycles. The molecule has 4 bridgehead atoms. The molecular formula is C24H35N4O3+. The number of benzene rings is 1. The van der Waals surface area contributed by atoms with E-state index in [-0.39, 0.29) is 16.5 Å². The first-order valence-electron chi connectivity index (χ1n) is 12.0. The fourth-order valence-corrected chi connectivity index (χ4v) is 7.35. The highest BCUT2D eigenvalue weighted by molar-refractivity contribution is 5.95. The monoisotopic (exact) mass is 427 g/mol. The lowest BCUT2D eigenvalue weighted by molar-refractivity contribution is -0.880. The third kappa shape index (κ3) is 4.16. The summed E-state index contributed by atoms with van der Waals surface area (Å²) in [5.74, 6) is 2.54. The third-order valence-electron chi connectivity index (χ3n) is 8.50. The number of carbonyl (C=O) groups is 1. The van der Waals surface area contributed by atoms with E-state index in [1.165, 1.54) is 49.5 Å². The Labute approximate surface area is 184 Å². The van der Waals surface area contributed by atoms with Gasteiger partial charge in [-0.05, 0) is 80.2 Å². The van der Waals surface area contributed by atoms with Crippen LogP contribution in [0, 0.1) is 33.3 Å². The van der Waals surface area contributed by atoms with Crippen molar-refractivity contribution in [2.24, 2.45) is 23.2 Å². The molecule has 31 heavy (non-hydrogen) atoms. The Morgan fingerprint density at radius 2 is 1.77 bits per heavy atom. The molecule has 0 atom stereocenters. The van der Waals surface area contributed by atoms with Crippen molar-refractivity contribution >= 4 is 17.3 Å². The Morgan fingerprint density at radius 3 is 2.35 bits per heavy atom. The second-order valence-electron chi connectivity index (χ2n) is 10.8. The normalized spacial score (nSPS) is 32.3. The van der Waals surface area contributed by atoms with Gasteiger partial charge in [0.1, 0.15) is 5.69 Å². The molecule has 2 N–H and O–H groups in total. The number of quaternary nitrogens is 1. The maximum absolute atomic E-state index is 12.8. The molecule has 0 aromatic heterocycles. The van der Waals surface area contributed by atoms with Gasteiger partial charge >= 0.3 is 0 Å². The van der Waals surface area contributed by atoms with Crippen LogP contribution in [0.5, 0.6) is 0 Å². The number of nitro benzene ring substituents is 1. The zero-order chi connectivity index (χ0) is 21.6. The molecule has 0 spiro atoms. The number of rotatable bonds is 6. The first-order chi connectivity index (χ1) is 14.9. The smallest absolute Gasteiger partial charge is 0.293 e. The van der Waals surface area contributed by atoms with Crippen molar-refractivity contribution in [1.82, 2.24) is 5.32 Å². The van der Waals surface area contributed by atoms with Crippen molar-refractivity contribution in [1.29, 1.82) is 0 Å². The fraction of sp³-hybridized carbons (Fsp3) is 0.708. The Bertz CT molecular complexity index is 827. The van der Waals surface area contributed by atoms with Gasteiger partial charge in [0, 0.05) is 18.2 Å². The fourth-order valence-electron chi connectivity index (χ4n) is 7.35. The van der Waals surface area contributed by atoms with Crippen molar-refractivity contribution in [3.05, 3.63) is 33.9 Å². The molecule has 1 aromatic carbocycles. The second kappa shape index (κ2) is 8.08. The van der Waals surface area contributed by atoms with E-state index < -0.39 is 0 Å². The van der Waals surface area contributed by atoms with Crippen LogP contribution in [0.2, 0.25) is 0 Å². The summed E-state index contributed by atoms with van der Waals surface area (Å²) in [6, 6.07) is 4.96. The first-order valence-corrected chi connectivity index (χ1v) is 12.0. The molecule has 5 aliphatic rings. The lowest BCUT2D eigenvalue weighted by Gasteiger charge is -2.57. The minimum Gasteiger partial charge on any atom is -0.355 e. The van der Waals surface area contributed by atoms with Crippen LogP contribution in [0.25, 0.3) is 0 Å². The van der Waals surface area contributed by atoms with Gasteiger partial charge in [0.15, 0.2) is 0 Å². The number of nitro groups is 1. The van der Waals surface area contributed by atoms with E-state index in [9.17, 15) is 14.9 Å². The predicted molar refractivity (Wildman–Crippen MR) is 119 cm³/mol. The Balaban J connectivity index is 1.22. The zero-order valence-electron chi connectivity index (χ0n) is 18.6. The summed E-state index contributed by atoms with van der Waals surface area (Å²) in [6.07, 6.45) is 9.33. The second-order valence-corrected chi connectivity index (χ2v) is 10.8. The van der Waals surface area contributed by atoms with Gasteiger partial charge < -0.3 is 15.1 Å². The number of likely N-dealkylation sites (N-methyl/N-ethyl adjacent to an activating group) is 1. The van der Waals surface area contributed by atoms with Crippen molar-refractivity contribution < 1.29 is 14.6 Å². The largest absolute Gasteiger partial charge is 0.355 e. The van der Waals surface area contributed by atoms with Crippen LogP contribution in [-0.2, 0) is 0 Å². The number of nitrogens with one attached hydrogen (secondary N) is 2. The molecule has 168 valence electrons. The number of piperazine rings is 1. The molecule has 1 amide bonds. The quantitative estimate of drug-likeness (QED) is 0.539. The van der Waals surface area contributed by atoms with Crippen molar-refractivity contribution in [2.75, 3.05) is 44.7 Å². The molecule has 1 aliphatic heterocycles. The van der Waals surface area contributed by atoms with Gasteiger partial charge in [-0.15, -0.1) is 0 Å². The average molecular weight is 428 g/mol. The lowest BCUT2D eigenvalue weighted by Crippen LogP contribution is -3.12. The van der Waals surface area contributed by atoms with E-state index in [1.54, 1.807) is 12.1 Å².